The van der Waals surface area contributed by atoms with Gasteiger partial charge in [0, 0.05) is 12.2 Å². The van der Waals surface area contributed by atoms with Gasteiger partial charge in [-0.15, -0.1) is 0 Å². The Hall–Kier alpha value is -3.28. The van der Waals surface area contributed by atoms with Crippen molar-refractivity contribution in [3.8, 4) is 0 Å². The van der Waals surface area contributed by atoms with Crippen LogP contribution in [0.15, 0.2) is 72.8 Å². The first kappa shape index (κ1) is 19.1. The molecule has 0 radical (unpaired) electrons. The van der Waals surface area contributed by atoms with Gasteiger partial charge in [-0.1, -0.05) is 36.4 Å². The average molecular weight is 358 g/mol. The van der Waals surface area contributed by atoms with Gasteiger partial charge in [-0.3, -0.25) is 0 Å². The standard InChI is InChI=1S/C20H16F2O4/c21-17-7-3-5-15(11-17)13-25-19(23)9-1-2-10-20(24)26-14-16-6-4-8-18(22)12-16/h1-12H,13-14H2/b9-1+,10-2+. The first-order valence-electron chi connectivity index (χ1n) is 7.70. The summed E-state index contributed by atoms with van der Waals surface area (Å²) in [6.45, 7) is -0.110. The molecule has 0 bridgehead atoms. The van der Waals surface area contributed by atoms with Gasteiger partial charge < -0.3 is 9.47 Å². The molecule has 134 valence electrons. The molecule has 0 spiro atoms. The van der Waals surface area contributed by atoms with Gasteiger partial charge >= 0.3 is 11.9 Å². The second kappa shape index (κ2) is 9.88. The summed E-state index contributed by atoms with van der Waals surface area (Å²) in [4.78, 5) is 23.0. The van der Waals surface area contributed by atoms with Crippen molar-refractivity contribution >= 4 is 11.9 Å². The van der Waals surface area contributed by atoms with E-state index in [1.165, 1.54) is 48.6 Å². The predicted octanol–water partition coefficient (Wildman–Crippen LogP) is 3.86. The van der Waals surface area contributed by atoms with Crippen LogP contribution in [0.3, 0.4) is 0 Å². The third-order valence-electron chi connectivity index (χ3n) is 3.12. The van der Waals surface area contributed by atoms with E-state index in [9.17, 15) is 18.4 Å². The fraction of sp³-hybridized carbons (Fsp3) is 0.100. The van der Waals surface area contributed by atoms with E-state index in [2.05, 4.69) is 0 Å². The maximum atomic E-state index is 13.0. The van der Waals surface area contributed by atoms with Gasteiger partial charge in [0.2, 0.25) is 0 Å². The molecule has 0 N–H and O–H groups in total. The van der Waals surface area contributed by atoms with Crippen LogP contribution in [-0.2, 0) is 32.3 Å². The lowest BCUT2D eigenvalue weighted by atomic mass is 10.2. The van der Waals surface area contributed by atoms with Gasteiger partial charge in [0.25, 0.3) is 0 Å². The third-order valence-corrected chi connectivity index (χ3v) is 3.12. The zero-order valence-corrected chi connectivity index (χ0v) is 13.7. The van der Waals surface area contributed by atoms with E-state index in [0.29, 0.717) is 11.1 Å². The fourth-order valence-corrected chi connectivity index (χ4v) is 1.93. The van der Waals surface area contributed by atoms with E-state index < -0.39 is 23.6 Å². The molecule has 0 aliphatic heterocycles. The van der Waals surface area contributed by atoms with Crippen LogP contribution < -0.4 is 0 Å². The maximum absolute atomic E-state index is 13.0. The summed E-state index contributed by atoms with van der Waals surface area (Å²) in [6, 6.07) is 11.4. The van der Waals surface area contributed by atoms with E-state index in [4.69, 9.17) is 9.47 Å². The number of allylic oxidation sites excluding steroid dienone is 2. The summed E-state index contributed by atoms with van der Waals surface area (Å²) >= 11 is 0. The molecule has 2 aromatic carbocycles. The van der Waals surface area contributed by atoms with Crippen LogP contribution in [0, 0.1) is 11.6 Å². The van der Waals surface area contributed by atoms with Gasteiger partial charge in [0.15, 0.2) is 0 Å². The Morgan fingerprint density at radius 1 is 0.769 bits per heavy atom. The number of carbonyl (C=O) groups excluding carboxylic acids is 2. The smallest absolute Gasteiger partial charge is 0.331 e. The van der Waals surface area contributed by atoms with Crippen LogP contribution in [0.1, 0.15) is 11.1 Å². The Labute approximate surface area is 149 Å². The third kappa shape index (κ3) is 7.09. The molecule has 0 heterocycles. The van der Waals surface area contributed by atoms with Crippen LogP contribution in [0.25, 0.3) is 0 Å². The van der Waals surface area contributed by atoms with Crippen molar-refractivity contribution in [2.75, 3.05) is 0 Å². The average Bonchev–Trinajstić information content (AvgIpc) is 2.62. The molecule has 0 aromatic heterocycles. The SMILES string of the molecule is O=C(/C=C/C=C/C(=O)OCc1cccc(F)c1)OCc1cccc(F)c1. The van der Waals surface area contributed by atoms with E-state index in [0.717, 1.165) is 12.2 Å². The highest BCUT2D eigenvalue weighted by molar-refractivity contribution is 5.84. The molecule has 0 aliphatic carbocycles. The van der Waals surface area contributed by atoms with E-state index in [-0.39, 0.29) is 13.2 Å². The number of carbonyl (C=O) groups is 2. The first-order chi connectivity index (χ1) is 12.5. The van der Waals surface area contributed by atoms with Crippen molar-refractivity contribution in [1.82, 2.24) is 0 Å². The molecule has 0 unspecified atom stereocenters. The number of halogens is 2. The second-order valence-electron chi connectivity index (χ2n) is 5.19. The molecule has 26 heavy (non-hydrogen) atoms. The highest BCUT2D eigenvalue weighted by atomic mass is 19.1. The van der Waals surface area contributed by atoms with Crippen LogP contribution in [-0.4, -0.2) is 11.9 Å². The van der Waals surface area contributed by atoms with Crippen LogP contribution >= 0.6 is 0 Å². The number of benzene rings is 2. The zero-order valence-electron chi connectivity index (χ0n) is 13.7. The summed E-state index contributed by atoms with van der Waals surface area (Å²) < 4.78 is 35.8. The van der Waals surface area contributed by atoms with Crippen molar-refractivity contribution in [3.05, 3.63) is 95.6 Å². The molecule has 0 aliphatic rings. The Morgan fingerprint density at radius 3 is 1.58 bits per heavy atom. The molecular formula is C20H16F2O4. The summed E-state index contributed by atoms with van der Waals surface area (Å²) in [5, 5.41) is 0. The zero-order chi connectivity index (χ0) is 18.8. The van der Waals surface area contributed by atoms with Crippen molar-refractivity contribution in [3.63, 3.8) is 0 Å². The van der Waals surface area contributed by atoms with Gasteiger partial charge in [0.05, 0.1) is 0 Å². The minimum Gasteiger partial charge on any atom is -0.458 e. The number of esters is 2. The maximum Gasteiger partial charge on any atom is 0.331 e. The van der Waals surface area contributed by atoms with Crippen LogP contribution in [0.2, 0.25) is 0 Å². The monoisotopic (exact) mass is 358 g/mol. The molecule has 2 aromatic rings. The van der Waals surface area contributed by atoms with Gasteiger partial charge in [0.1, 0.15) is 24.8 Å². The van der Waals surface area contributed by atoms with Crippen molar-refractivity contribution in [1.29, 1.82) is 0 Å². The fourth-order valence-electron chi connectivity index (χ4n) is 1.93. The molecule has 6 heteroatoms. The van der Waals surface area contributed by atoms with Gasteiger partial charge in [-0.25, -0.2) is 18.4 Å². The molecule has 2 rings (SSSR count). The minimum absolute atomic E-state index is 0.0552. The van der Waals surface area contributed by atoms with Crippen molar-refractivity contribution in [2.24, 2.45) is 0 Å². The largest absolute Gasteiger partial charge is 0.458 e. The quantitative estimate of drug-likeness (QED) is 0.428. The lowest BCUT2D eigenvalue weighted by Gasteiger charge is -2.02. The van der Waals surface area contributed by atoms with Gasteiger partial charge in [-0.2, -0.15) is 0 Å². The Kier molecular flexibility index (Phi) is 7.24. The number of ether oxygens (including phenoxy) is 2. The highest BCUT2D eigenvalue weighted by Crippen LogP contribution is 2.06. The minimum atomic E-state index is -0.632. The summed E-state index contributed by atoms with van der Waals surface area (Å²) in [6.07, 6.45) is 4.88. The predicted molar refractivity (Wildman–Crippen MR) is 90.7 cm³/mol. The normalized spacial score (nSPS) is 11.0. The number of rotatable bonds is 7. The summed E-state index contributed by atoms with van der Waals surface area (Å²) in [7, 11) is 0. The first-order valence-corrected chi connectivity index (χ1v) is 7.70. The highest BCUT2D eigenvalue weighted by Gasteiger charge is 2.01. The second-order valence-corrected chi connectivity index (χ2v) is 5.19. The molecule has 0 atom stereocenters. The molecule has 0 fully saturated rings. The van der Waals surface area contributed by atoms with Gasteiger partial charge in [-0.05, 0) is 35.4 Å². The van der Waals surface area contributed by atoms with Crippen molar-refractivity contribution < 1.29 is 27.8 Å². The summed E-state index contributed by atoms with van der Waals surface area (Å²) in [5.41, 5.74) is 1.06. The van der Waals surface area contributed by atoms with Crippen molar-refractivity contribution in [2.45, 2.75) is 13.2 Å². The van der Waals surface area contributed by atoms with E-state index in [1.807, 2.05) is 0 Å². The van der Waals surface area contributed by atoms with Crippen LogP contribution in [0.4, 0.5) is 8.78 Å². The number of hydrogen-bond donors (Lipinski definition) is 0. The summed E-state index contributed by atoms with van der Waals surface area (Å²) in [5.74, 6) is -2.08. The molecule has 4 nitrogen and oxygen atoms in total. The lowest BCUT2D eigenvalue weighted by molar-refractivity contribution is -0.140. The Balaban J connectivity index is 1.70. The lowest BCUT2D eigenvalue weighted by Crippen LogP contribution is -2.01. The Morgan fingerprint density at radius 2 is 1.19 bits per heavy atom. The molecule has 0 saturated heterocycles. The topological polar surface area (TPSA) is 52.6 Å². The van der Waals surface area contributed by atoms with E-state index >= 15 is 0 Å². The Bertz CT molecular complexity index is 759. The molecule has 0 saturated carbocycles. The number of hydrogen-bond acceptors (Lipinski definition) is 4. The molecule has 0 amide bonds. The van der Waals surface area contributed by atoms with Crippen LogP contribution in [0.5, 0.6) is 0 Å². The molecular weight excluding hydrogens is 342 g/mol. The van der Waals surface area contributed by atoms with E-state index in [1.54, 1.807) is 12.1 Å².